The summed E-state index contributed by atoms with van der Waals surface area (Å²) >= 11 is 0. The van der Waals surface area contributed by atoms with Crippen molar-refractivity contribution in [2.45, 2.75) is 13.8 Å². The molecule has 0 atom stereocenters. The number of hydrogen-bond acceptors (Lipinski definition) is 7. The van der Waals surface area contributed by atoms with Crippen LogP contribution in [0.2, 0.25) is 0 Å². The number of nitro groups is 2. The van der Waals surface area contributed by atoms with Crippen LogP contribution in [0.1, 0.15) is 21.5 Å². The summed E-state index contributed by atoms with van der Waals surface area (Å²) < 4.78 is 5.15. The van der Waals surface area contributed by atoms with Gasteiger partial charge in [0.15, 0.2) is 0 Å². The Bertz CT molecular complexity index is 1760. The van der Waals surface area contributed by atoms with Gasteiger partial charge in [0.2, 0.25) is 0 Å². The summed E-state index contributed by atoms with van der Waals surface area (Å²) in [7, 11) is 0. The number of carbonyl (C=O) groups is 1. The van der Waals surface area contributed by atoms with E-state index in [0.717, 1.165) is 16.7 Å². The smallest absolute Gasteiger partial charge is 0.343 e. The maximum atomic E-state index is 12.1. The van der Waals surface area contributed by atoms with Gasteiger partial charge in [-0.3, -0.25) is 25.0 Å². The number of ether oxygens (including phenoxy) is 1. The average Bonchev–Trinajstić information content (AvgIpc) is 2.95. The molecule has 0 aliphatic carbocycles. The molecule has 1 heterocycles. The number of aromatic nitrogens is 1. The first-order chi connectivity index (χ1) is 19.1. The number of non-ortho nitro benzene ring substituents is 2. The molecule has 1 N–H and O–H groups in total. The Hall–Kier alpha value is -5.64. The molecular formula is C30H23N3O7. The number of nitrogens with zero attached hydrogens (tertiary/aromatic N) is 2. The minimum Gasteiger partial charge on any atom is -0.423 e. The zero-order chi connectivity index (χ0) is 28.8. The number of H-pyrrole nitrogens is 1. The molecule has 1 aromatic heterocycles. The molecule has 0 amide bonds. The number of aromatic amines is 1. The second-order valence-electron chi connectivity index (χ2n) is 8.81. The topological polar surface area (TPSA) is 145 Å². The van der Waals surface area contributed by atoms with E-state index < -0.39 is 15.8 Å². The lowest BCUT2D eigenvalue weighted by atomic mass is 9.97. The lowest BCUT2D eigenvalue weighted by Gasteiger charge is -2.10. The predicted molar refractivity (Wildman–Crippen MR) is 151 cm³/mol. The fourth-order valence-electron chi connectivity index (χ4n) is 3.96. The Kier molecular flexibility index (Phi) is 8.10. The molecule has 10 nitrogen and oxygen atoms in total. The third-order valence-electron chi connectivity index (χ3n) is 6.05. The molecule has 0 spiro atoms. The Balaban J connectivity index is 0.000000186. The molecule has 5 aromatic rings. The van der Waals surface area contributed by atoms with Crippen LogP contribution in [0.3, 0.4) is 0 Å². The third-order valence-corrected chi connectivity index (χ3v) is 6.05. The van der Waals surface area contributed by atoms with Crippen molar-refractivity contribution in [3.63, 3.8) is 0 Å². The summed E-state index contributed by atoms with van der Waals surface area (Å²) in [5.74, 6) is -0.104. The van der Waals surface area contributed by atoms with E-state index >= 15 is 0 Å². The molecule has 0 aliphatic heterocycles. The molecule has 200 valence electrons. The number of nitrogens with one attached hydrogen (secondary N) is 1. The van der Waals surface area contributed by atoms with Crippen LogP contribution in [0, 0.1) is 34.1 Å². The second-order valence-corrected chi connectivity index (χ2v) is 8.81. The monoisotopic (exact) mass is 537 g/mol. The zero-order valence-corrected chi connectivity index (χ0v) is 21.5. The molecular weight excluding hydrogens is 514 g/mol. The maximum Gasteiger partial charge on any atom is 0.343 e. The van der Waals surface area contributed by atoms with Crippen LogP contribution in [-0.4, -0.2) is 20.8 Å². The molecule has 0 radical (unpaired) electrons. The summed E-state index contributed by atoms with van der Waals surface area (Å²) in [6, 6.07) is 26.2. The van der Waals surface area contributed by atoms with Gasteiger partial charge in [-0.15, -0.1) is 0 Å². The van der Waals surface area contributed by atoms with Crippen molar-refractivity contribution in [3.05, 3.63) is 144 Å². The van der Waals surface area contributed by atoms with Crippen LogP contribution >= 0.6 is 0 Å². The van der Waals surface area contributed by atoms with Crippen LogP contribution in [0.5, 0.6) is 5.75 Å². The minimum absolute atomic E-state index is 0.00568. The number of esters is 1. The molecule has 4 aromatic carbocycles. The molecule has 40 heavy (non-hydrogen) atoms. The van der Waals surface area contributed by atoms with Crippen molar-refractivity contribution in [2.24, 2.45) is 0 Å². The second kappa shape index (κ2) is 11.8. The van der Waals surface area contributed by atoms with Gasteiger partial charge in [-0.25, -0.2) is 4.79 Å². The van der Waals surface area contributed by atoms with E-state index in [1.54, 1.807) is 25.1 Å². The quantitative estimate of drug-likeness (QED) is 0.116. The normalized spacial score (nSPS) is 10.3. The van der Waals surface area contributed by atoms with Gasteiger partial charge in [-0.05, 0) is 55.3 Å². The van der Waals surface area contributed by atoms with E-state index in [9.17, 15) is 29.8 Å². The molecule has 0 bridgehead atoms. The Labute approximate surface area is 227 Å². The van der Waals surface area contributed by atoms with Crippen LogP contribution in [0.4, 0.5) is 11.4 Å². The van der Waals surface area contributed by atoms with Crippen molar-refractivity contribution < 1.29 is 19.4 Å². The van der Waals surface area contributed by atoms with Crippen molar-refractivity contribution >= 4 is 28.2 Å². The van der Waals surface area contributed by atoms with Gasteiger partial charge in [0, 0.05) is 40.7 Å². The van der Waals surface area contributed by atoms with E-state index in [1.807, 2.05) is 49.4 Å². The first-order valence-corrected chi connectivity index (χ1v) is 12.0. The third kappa shape index (κ3) is 6.25. The molecule has 0 fully saturated rings. The van der Waals surface area contributed by atoms with Gasteiger partial charge in [0.1, 0.15) is 5.75 Å². The largest absolute Gasteiger partial charge is 0.423 e. The fourth-order valence-corrected chi connectivity index (χ4v) is 3.96. The van der Waals surface area contributed by atoms with Crippen LogP contribution in [0.15, 0.2) is 102 Å². The number of pyridine rings is 1. The molecule has 5 rings (SSSR count). The van der Waals surface area contributed by atoms with Crippen LogP contribution in [0.25, 0.3) is 22.0 Å². The van der Waals surface area contributed by atoms with Crippen molar-refractivity contribution in [1.82, 2.24) is 4.98 Å². The first-order valence-electron chi connectivity index (χ1n) is 12.0. The number of carbonyl (C=O) groups excluding carboxylic acids is 1. The van der Waals surface area contributed by atoms with Crippen molar-refractivity contribution in [2.75, 3.05) is 0 Å². The lowest BCUT2D eigenvalue weighted by molar-refractivity contribution is -0.385. The summed E-state index contributed by atoms with van der Waals surface area (Å²) in [4.78, 5) is 47.1. The Morgan fingerprint density at radius 2 is 1.38 bits per heavy atom. The van der Waals surface area contributed by atoms with Crippen molar-refractivity contribution in [3.8, 4) is 16.9 Å². The molecule has 0 saturated heterocycles. The highest BCUT2D eigenvalue weighted by atomic mass is 16.6. The summed E-state index contributed by atoms with van der Waals surface area (Å²) in [5, 5.41) is 22.1. The molecule has 0 unspecified atom stereocenters. The van der Waals surface area contributed by atoms with E-state index in [-0.39, 0.29) is 22.5 Å². The van der Waals surface area contributed by atoms with E-state index in [4.69, 9.17) is 4.74 Å². The first kappa shape index (κ1) is 27.4. The Morgan fingerprint density at radius 3 is 1.98 bits per heavy atom. The molecule has 0 aliphatic rings. The average molecular weight is 538 g/mol. The zero-order valence-electron chi connectivity index (χ0n) is 21.5. The van der Waals surface area contributed by atoms with Gasteiger partial charge in [-0.1, -0.05) is 48.0 Å². The highest BCUT2D eigenvalue weighted by Crippen LogP contribution is 2.31. The molecule has 10 heteroatoms. The summed E-state index contributed by atoms with van der Waals surface area (Å²) in [6.07, 6.45) is 0. The SMILES string of the molecule is Cc1c(-c2ccccc2)c2cc([N+](=O)[O-])ccc2[nH]c1=O.Cc1ccc(OC(=O)c2ccc([N+](=O)[O-])cc2)cc1. The number of hydrogen-bond donors (Lipinski definition) is 1. The van der Waals surface area contributed by atoms with Crippen LogP contribution in [-0.2, 0) is 0 Å². The predicted octanol–water partition coefficient (Wildman–Crippen LogP) is 6.53. The summed E-state index contributed by atoms with van der Waals surface area (Å²) in [5.41, 5.74) is 3.84. The lowest BCUT2D eigenvalue weighted by Crippen LogP contribution is -2.11. The number of rotatable bonds is 5. The highest BCUT2D eigenvalue weighted by molar-refractivity contribution is 5.97. The van der Waals surface area contributed by atoms with Gasteiger partial charge >= 0.3 is 5.97 Å². The van der Waals surface area contributed by atoms with Gasteiger partial charge in [-0.2, -0.15) is 0 Å². The van der Waals surface area contributed by atoms with Crippen molar-refractivity contribution in [1.29, 1.82) is 0 Å². The van der Waals surface area contributed by atoms with E-state index in [1.165, 1.54) is 36.4 Å². The highest BCUT2D eigenvalue weighted by Gasteiger charge is 2.15. The summed E-state index contributed by atoms with van der Waals surface area (Å²) in [6.45, 7) is 3.65. The van der Waals surface area contributed by atoms with Gasteiger partial charge in [0.05, 0.1) is 15.4 Å². The Morgan fingerprint density at radius 1 is 0.775 bits per heavy atom. The maximum absolute atomic E-state index is 12.1. The fraction of sp³-hybridized carbons (Fsp3) is 0.0667. The van der Waals surface area contributed by atoms with E-state index in [0.29, 0.717) is 22.2 Å². The van der Waals surface area contributed by atoms with Crippen LogP contribution < -0.4 is 10.3 Å². The van der Waals surface area contributed by atoms with Gasteiger partial charge < -0.3 is 9.72 Å². The standard InChI is InChI=1S/C16H12N2O3.C14H11NO4/c1-10-15(11-5-3-2-4-6-11)13-9-12(18(20)21)7-8-14(13)17-16(10)19;1-10-2-8-13(9-3-10)19-14(16)11-4-6-12(7-5-11)15(17)18/h2-9H,1H3,(H,17,19);2-9H,1H3. The number of aryl methyl sites for hydroxylation is 1. The molecule has 0 saturated carbocycles. The minimum atomic E-state index is -0.543. The van der Waals surface area contributed by atoms with E-state index in [2.05, 4.69) is 4.98 Å². The number of nitro benzene ring substituents is 2. The number of fused-ring (bicyclic) bond motifs is 1. The van der Waals surface area contributed by atoms with Gasteiger partial charge in [0.25, 0.3) is 16.9 Å². The number of benzene rings is 4.